The van der Waals surface area contributed by atoms with Gasteiger partial charge in [-0.2, -0.15) is 0 Å². The SMILES string of the molecule is CCc1ccc(OCCn2c([C@@H]3CCCN3C(C)=O)nc3ccccc32)cc1. The Kier molecular flexibility index (Phi) is 5.33. The number of imidazole rings is 1. The molecular formula is C23H27N3O2. The zero-order valence-corrected chi connectivity index (χ0v) is 16.6. The zero-order chi connectivity index (χ0) is 19.5. The maximum Gasteiger partial charge on any atom is 0.220 e. The van der Waals surface area contributed by atoms with Crippen molar-refractivity contribution < 1.29 is 9.53 Å². The minimum atomic E-state index is 0.0498. The first-order valence-electron chi connectivity index (χ1n) is 10.1. The molecule has 5 nitrogen and oxygen atoms in total. The monoisotopic (exact) mass is 377 g/mol. The van der Waals surface area contributed by atoms with E-state index in [-0.39, 0.29) is 11.9 Å². The van der Waals surface area contributed by atoms with E-state index in [4.69, 9.17) is 9.72 Å². The molecule has 1 aliphatic rings. The summed E-state index contributed by atoms with van der Waals surface area (Å²) in [4.78, 5) is 18.9. The van der Waals surface area contributed by atoms with Crippen molar-refractivity contribution >= 4 is 16.9 Å². The lowest BCUT2D eigenvalue weighted by atomic mass is 10.2. The van der Waals surface area contributed by atoms with Crippen LogP contribution in [0.15, 0.2) is 48.5 Å². The van der Waals surface area contributed by atoms with Crippen molar-refractivity contribution in [3.8, 4) is 5.75 Å². The molecule has 146 valence electrons. The fraction of sp³-hybridized carbons (Fsp3) is 0.391. The predicted molar refractivity (Wildman–Crippen MR) is 110 cm³/mol. The topological polar surface area (TPSA) is 47.4 Å². The highest BCUT2D eigenvalue weighted by molar-refractivity contribution is 5.77. The quantitative estimate of drug-likeness (QED) is 0.641. The largest absolute Gasteiger partial charge is 0.492 e. The van der Waals surface area contributed by atoms with E-state index in [0.29, 0.717) is 13.2 Å². The molecule has 1 amide bonds. The first kappa shape index (κ1) is 18.5. The van der Waals surface area contributed by atoms with Crippen molar-refractivity contribution in [2.24, 2.45) is 0 Å². The van der Waals surface area contributed by atoms with Gasteiger partial charge in [-0.05, 0) is 49.1 Å². The molecule has 28 heavy (non-hydrogen) atoms. The zero-order valence-electron chi connectivity index (χ0n) is 16.6. The molecule has 0 spiro atoms. The average Bonchev–Trinajstić information content (AvgIpc) is 3.33. The Balaban J connectivity index is 1.57. The van der Waals surface area contributed by atoms with Crippen LogP contribution in [0.1, 0.15) is 44.1 Å². The molecule has 5 heteroatoms. The van der Waals surface area contributed by atoms with Crippen LogP contribution >= 0.6 is 0 Å². The number of ether oxygens (including phenoxy) is 1. The van der Waals surface area contributed by atoms with Crippen molar-refractivity contribution in [3.63, 3.8) is 0 Å². The second kappa shape index (κ2) is 8.05. The summed E-state index contributed by atoms with van der Waals surface area (Å²) in [5.41, 5.74) is 3.37. The number of carbonyl (C=O) groups excluding carboxylic acids is 1. The normalized spacial score (nSPS) is 16.6. The molecule has 0 radical (unpaired) electrons. The fourth-order valence-electron chi connectivity index (χ4n) is 4.07. The van der Waals surface area contributed by atoms with Crippen molar-refractivity contribution in [3.05, 3.63) is 59.9 Å². The van der Waals surface area contributed by atoms with E-state index < -0.39 is 0 Å². The van der Waals surface area contributed by atoms with E-state index in [1.807, 2.05) is 35.2 Å². The van der Waals surface area contributed by atoms with Gasteiger partial charge in [-0.3, -0.25) is 4.79 Å². The summed E-state index contributed by atoms with van der Waals surface area (Å²) in [6.07, 6.45) is 3.01. The van der Waals surface area contributed by atoms with Crippen molar-refractivity contribution in [2.45, 2.75) is 45.7 Å². The molecular weight excluding hydrogens is 350 g/mol. The van der Waals surface area contributed by atoms with E-state index in [0.717, 1.165) is 48.4 Å². The average molecular weight is 377 g/mol. The van der Waals surface area contributed by atoms with E-state index in [1.54, 1.807) is 6.92 Å². The Morgan fingerprint density at radius 3 is 2.71 bits per heavy atom. The van der Waals surface area contributed by atoms with Gasteiger partial charge < -0.3 is 14.2 Å². The van der Waals surface area contributed by atoms with Crippen molar-refractivity contribution in [2.75, 3.05) is 13.2 Å². The molecule has 1 saturated heterocycles. The van der Waals surface area contributed by atoms with Crippen LogP contribution < -0.4 is 4.74 Å². The molecule has 0 aliphatic carbocycles. The number of likely N-dealkylation sites (tertiary alicyclic amines) is 1. The van der Waals surface area contributed by atoms with Crippen LogP contribution in [0.5, 0.6) is 5.75 Å². The van der Waals surface area contributed by atoms with Crippen molar-refractivity contribution in [1.29, 1.82) is 0 Å². The summed E-state index contributed by atoms with van der Waals surface area (Å²) >= 11 is 0. The van der Waals surface area contributed by atoms with Gasteiger partial charge in [0, 0.05) is 13.5 Å². The molecule has 2 heterocycles. The summed E-state index contributed by atoms with van der Waals surface area (Å²) in [5, 5.41) is 0. The Morgan fingerprint density at radius 1 is 1.18 bits per heavy atom. The third-order valence-electron chi connectivity index (χ3n) is 5.55. The lowest BCUT2D eigenvalue weighted by molar-refractivity contribution is -0.129. The van der Waals surface area contributed by atoms with Gasteiger partial charge in [0.2, 0.25) is 5.91 Å². The van der Waals surface area contributed by atoms with Gasteiger partial charge in [0.05, 0.1) is 23.6 Å². The van der Waals surface area contributed by atoms with E-state index in [9.17, 15) is 4.79 Å². The molecule has 0 saturated carbocycles. The van der Waals surface area contributed by atoms with Gasteiger partial charge in [0.25, 0.3) is 0 Å². The number of aromatic nitrogens is 2. The number of rotatable bonds is 6. The number of nitrogens with zero attached hydrogens (tertiary/aromatic N) is 3. The molecule has 0 N–H and O–H groups in total. The van der Waals surface area contributed by atoms with Gasteiger partial charge in [0.15, 0.2) is 0 Å². The molecule has 4 rings (SSSR count). The first-order chi connectivity index (χ1) is 13.7. The molecule has 1 aliphatic heterocycles. The van der Waals surface area contributed by atoms with Crippen LogP contribution in [0, 0.1) is 0 Å². The second-order valence-corrected chi connectivity index (χ2v) is 7.33. The molecule has 2 aromatic carbocycles. The summed E-state index contributed by atoms with van der Waals surface area (Å²) < 4.78 is 8.21. The number of hydrogen-bond acceptors (Lipinski definition) is 3. The van der Waals surface area contributed by atoms with Gasteiger partial charge in [0.1, 0.15) is 18.2 Å². The molecule has 1 atom stereocenters. The molecule has 0 unspecified atom stereocenters. The summed E-state index contributed by atoms with van der Waals surface area (Å²) in [5.74, 6) is 1.97. The van der Waals surface area contributed by atoms with Gasteiger partial charge in [-0.25, -0.2) is 4.98 Å². The van der Waals surface area contributed by atoms with E-state index >= 15 is 0 Å². The van der Waals surface area contributed by atoms with E-state index in [2.05, 4.69) is 29.7 Å². The standard InChI is InChI=1S/C23H27N3O2/c1-3-18-10-12-19(13-11-18)28-16-15-26-21-8-5-4-7-20(21)24-23(26)22-9-6-14-25(22)17(2)27/h4-5,7-8,10-13,22H,3,6,9,14-16H2,1-2H3/t22-/m0/s1. The van der Waals surface area contributed by atoms with E-state index in [1.165, 1.54) is 5.56 Å². The predicted octanol–water partition coefficient (Wildman–Crippen LogP) is 4.36. The van der Waals surface area contributed by atoms with Crippen LogP contribution in [0.4, 0.5) is 0 Å². The lowest BCUT2D eigenvalue weighted by Crippen LogP contribution is -2.30. The van der Waals surface area contributed by atoms with Gasteiger partial charge in [-0.15, -0.1) is 0 Å². The van der Waals surface area contributed by atoms with Crippen molar-refractivity contribution in [1.82, 2.24) is 14.5 Å². The van der Waals surface area contributed by atoms with Crippen LogP contribution in [0.2, 0.25) is 0 Å². The highest BCUT2D eigenvalue weighted by Gasteiger charge is 2.32. The summed E-state index contributed by atoms with van der Waals surface area (Å²) in [7, 11) is 0. The molecule has 1 aromatic heterocycles. The number of benzene rings is 2. The maximum atomic E-state index is 12.1. The Bertz CT molecular complexity index is 962. The minimum absolute atomic E-state index is 0.0498. The Hall–Kier alpha value is -2.82. The molecule has 1 fully saturated rings. The summed E-state index contributed by atoms with van der Waals surface area (Å²) in [6, 6.07) is 16.5. The highest BCUT2D eigenvalue weighted by atomic mass is 16.5. The number of fused-ring (bicyclic) bond motifs is 1. The smallest absolute Gasteiger partial charge is 0.220 e. The Labute approximate surface area is 165 Å². The first-order valence-corrected chi connectivity index (χ1v) is 10.1. The fourth-order valence-corrected chi connectivity index (χ4v) is 4.07. The van der Waals surface area contributed by atoms with Gasteiger partial charge >= 0.3 is 0 Å². The van der Waals surface area contributed by atoms with Crippen LogP contribution in [-0.4, -0.2) is 33.5 Å². The van der Waals surface area contributed by atoms with Crippen LogP contribution in [0.3, 0.4) is 0 Å². The number of carbonyl (C=O) groups is 1. The molecule has 0 bridgehead atoms. The summed E-state index contributed by atoms with van der Waals surface area (Å²) in [6.45, 7) is 5.87. The number of para-hydroxylation sites is 2. The molecule has 3 aromatic rings. The van der Waals surface area contributed by atoms with Crippen LogP contribution in [0.25, 0.3) is 11.0 Å². The Morgan fingerprint density at radius 2 is 1.96 bits per heavy atom. The van der Waals surface area contributed by atoms with Crippen LogP contribution in [-0.2, 0) is 17.8 Å². The third-order valence-corrected chi connectivity index (χ3v) is 5.55. The highest BCUT2D eigenvalue weighted by Crippen LogP contribution is 2.33. The third kappa shape index (κ3) is 3.61. The number of aryl methyl sites for hydroxylation is 1. The number of amides is 1. The second-order valence-electron chi connectivity index (χ2n) is 7.33. The lowest BCUT2D eigenvalue weighted by Gasteiger charge is -2.24. The minimum Gasteiger partial charge on any atom is -0.492 e. The maximum absolute atomic E-state index is 12.1. The number of hydrogen-bond donors (Lipinski definition) is 0. The van der Waals surface area contributed by atoms with Gasteiger partial charge in [-0.1, -0.05) is 31.2 Å².